The largest absolute Gasteiger partial charge is 0.462 e. The first kappa shape index (κ1) is 15.1. The Balaban J connectivity index is 3.58. The van der Waals surface area contributed by atoms with E-state index < -0.39 is 16.1 Å². The van der Waals surface area contributed by atoms with Crippen LogP contribution in [0.15, 0.2) is 12.7 Å². The number of hydrogen-bond acceptors (Lipinski definition) is 6. The molecule has 0 aromatic carbocycles. The Labute approximate surface area is 95.5 Å². The molecule has 0 amide bonds. The van der Waals surface area contributed by atoms with Crippen LogP contribution < -0.4 is 5.73 Å². The highest BCUT2D eigenvalue weighted by atomic mass is 32.2. The predicted molar refractivity (Wildman–Crippen MR) is 59.2 cm³/mol. The van der Waals surface area contributed by atoms with Crippen LogP contribution in [0.25, 0.3) is 0 Å². The van der Waals surface area contributed by atoms with E-state index in [4.69, 9.17) is 5.73 Å². The molecule has 94 valence electrons. The molecular formula is C9H17NO5S. The van der Waals surface area contributed by atoms with Crippen LogP contribution in [0.3, 0.4) is 0 Å². The van der Waals surface area contributed by atoms with Gasteiger partial charge in [0.05, 0.1) is 19.0 Å². The highest BCUT2D eigenvalue weighted by Crippen LogP contribution is 1.97. The summed E-state index contributed by atoms with van der Waals surface area (Å²) in [5.74, 6) is -0.623. The molecule has 16 heavy (non-hydrogen) atoms. The van der Waals surface area contributed by atoms with E-state index >= 15 is 0 Å². The minimum Gasteiger partial charge on any atom is -0.462 e. The van der Waals surface area contributed by atoms with Crippen molar-refractivity contribution < 1.29 is 22.1 Å². The lowest BCUT2D eigenvalue weighted by atomic mass is 10.5. The van der Waals surface area contributed by atoms with Crippen LogP contribution in [0.5, 0.6) is 0 Å². The maximum atomic E-state index is 11.1. The van der Waals surface area contributed by atoms with E-state index in [1.165, 1.54) is 0 Å². The summed E-state index contributed by atoms with van der Waals surface area (Å²) in [7, 11) is -3.49. The number of rotatable bonds is 9. The molecule has 0 saturated carbocycles. The van der Waals surface area contributed by atoms with Crippen molar-refractivity contribution in [2.45, 2.75) is 12.8 Å². The Morgan fingerprint density at radius 1 is 1.31 bits per heavy atom. The SMILES string of the molecule is C=CC(=O)OCCCOS(=O)(=O)CCCN. The van der Waals surface area contributed by atoms with Crippen LogP contribution in [0.4, 0.5) is 0 Å². The van der Waals surface area contributed by atoms with Gasteiger partial charge in [-0.15, -0.1) is 0 Å². The average Bonchev–Trinajstić information content (AvgIpc) is 2.25. The third-order valence-electron chi connectivity index (χ3n) is 1.56. The second-order valence-corrected chi connectivity index (χ2v) is 4.71. The van der Waals surface area contributed by atoms with Gasteiger partial charge >= 0.3 is 5.97 Å². The lowest BCUT2D eigenvalue weighted by Gasteiger charge is -2.04. The van der Waals surface area contributed by atoms with Gasteiger partial charge in [-0.2, -0.15) is 8.42 Å². The molecule has 6 nitrogen and oxygen atoms in total. The lowest BCUT2D eigenvalue weighted by molar-refractivity contribution is -0.137. The van der Waals surface area contributed by atoms with Crippen molar-refractivity contribution in [2.75, 3.05) is 25.5 Å². The van der Waals surface area contributed by atoms with Crippen LogP contribution in [0, 0.1) is 0 Å². The van der Waals surface area contributed by atoms with Gasteiger partial charge in [0.15, 0.2) is 0 Å². The summed E-state index contributed by atoms with van der Waals surface area (Å²) in [6.07, 6.45) is 1.73. The van der Waals surface area contributed by atoms with E-state index in [9.17, 15) is 13.2 Å². The number of nitrogens with two attached hydrogens (primary N) is 1. The summed E-state index contributed by atoms with van der Waals surface area (Å²) in [6, 6.07) is 0. The number of carbonyl (C=O) groups excluding carboxylic acids is 1. The molecular weight excluding hydrogens is 234 g/mol. The Bertz CT molecular complexity index is 312. The van der Waals surface area contributed by atoms with Gasteiger partial charge < -0.3 is 10.5 Å². The van der Waals surface area contributed by atoms with Gasteiger partial charge in [0.25, 0.3) is 10.1 Å². The van der Waals surface area contributed by atoms with Crippen molar-refractivity contribution in [1.29, 1.82) is 0 Å². The van der Waals surface area contributed by atoms with E-state index in [2.05, 4.69) is 15.5 Å². The molecule has 0 aliphatic heterocycles. The Morgan fingerprint density at radius 3 is 2.56 bits per heavy atom. The molecule has 0 atom stereocenters. The first-order valence-electron chi connectivity index (χ1n) is 4.88. The van der Waals surface area contributed by atoms with Crippen molar-refractivity contribution >= 4 is 16.1 Å². The van der Waals surface area contributed by atoms with Crippen LogP contribution in [0.2, 0.25) is 0 Å². The van der Waals surface area contributed by atoms with E-state index in [-0.39, 0.29) is 19.0 Å². The summed E-state index contributed by atoms with van der Waals surface area (Å²) in [5.41, 5.74) is 5.17. The predicted octanol–water partition coefficient (Wildman–Crippen LogP) is -0.199. The summed E-state index contributed by atoms with van der Waals surface area (Å²) < 4.78 is 31.6. The molecule has 0 bridgehead atoms. The minimum absolute atomic E-state index is 0.00265. The topological polar surface area (TPSA) is 95.7 Å². The van der Waals surface area contributed by atoms with Gasteiger partial charge in [0.1, 0.15) is 0 Å². The molecule has 0 heterocycles. The lowest BCUT2D eigenvalue weighted by Crippen LogP contribution is -2.15. The van der Waals surface area contributed by atoms with E-state index in [1.54, 1.807) is 0 Å². The van der Waals surface area contributed by atoms with Crippen LogP contribution in [-0.2, 0) is 23.8 Å². The molecule has 7 heteroatoms. The van der Waals surface area contributed by atoms with Gasteiger partial charge in [-0.05, 0) is 13.0 Å². The summed E-state index contributed by atoms with van der Waals surface area (Å²) in [5, 5.41) is 0. The normalized spacial score (nSPS) is 11.1. The maximum Gasteiger partial charge on any atom is 0.330 e. The molecule has 0 rings (SSSR count). The zero-order chi connectivity index (χ0) is 12.4. The third kappa shape index (κ3) is 8.39. The second-order valence-electron chi connectivity index (χ2n) is 2.95. The van der Waals surface area contributed by atoms with Crippen LogP contribution in [0.1, 0.15) is 12.8 Å². The quantitative estimate of drug-likeness (QED) is 0.264. The van der Waals surface area contributed by atoms with Crippen LogP contribution >= 0.6 is 0 Å². The zero-order valence-corrected chi connectivity index (χ0v) is 9.87. The molecule has 0 aliphatic rings. The standard InChI is InChI=1S/C9H17NO5S/c1-2-9(11)14-6-4-7-15-16(12,13)8-3-5-10/h2H,1,3-8,10H2. The van der Waals surface area contributed by atoms with Crippen molar-refractivity contribution in [1.82, 2.24) is 0 Å². The number of hydrogen-bond donors (Lipinski definition) is 1. The highest BCUT2D eigenvalue weighted by molar-refractivity contribution is 7.86. The summed E-state index contributed by atoms with van der Waals surface area (Å²) in [6.45, 7) is 3.63. The number of esters is 1. The fraction of sp³-hybridized carbons (Fsp3) is 0.667. The minimum atomic E-state index is -3.49. The molecule has 0 aromatic heterocycles. The Hall–Kier alpha value is -0.920. The molecule has 2 N–H and O–H groups in total. The second kappa shape index (κ2) is 8.26. The van der Waals surface area contributed by atoms with Crippen LogP contribution in [-0.4, -0.2) is 39.9 Å². The molecule has 0 spiro atoms. The fourth-order valence-electron chi connectivity index (χ4n) is 0.796. The van der Waals surface area contributed by atoms with E-state index in [0.717, 1.165) is 6.08 Å². The first-order valence-corrected chi connectivity index (χ1v) is 6.46. The molecule has 0 radical (unpaired) electrons. The van der Waals surface area contributed by atoms with Gasteiger partial charge in [-0.1, -0.05) is 6.58 Å². The Morgan fingerprint density at radius 2 is 2.00 bits per heavy atom. The zero-order valence-electron chi connectivity index (χ0n) is 9.05. The van der Waals surface area contributed by atoms with Crippen molar-refractivity contribution in [2.24, 2.45) is 5.73 Å². The molecule has 0 aliphatic carbocycles. The van der Waals surface area contributed by atoms with E-state index in [1.807, 2.05) is 0 Å². The molecule has 0 saturated heterocycles. The molecule has 0 aromatic rings. The van der Waals surface area contributed by atoms with Gasteiger partial charge in [0.2, 0.25) is 0 Å². The van der Waals surface area contributed by atoms with Crippen molar-refractivity contribution in [3.63, 3.8) is 0 Å². The summed E-state index contributed by atoms with van der Waals surface area (Å²) in [4.78, 5) is 10.6. The molecule has 0 unspecified atom stereocenters. The van der Waals surface area contributed by atoms with Gasteiger partial charge in [-0.3, -0.25) is 4.18 Å². The molecule has 0 fully saturated rings. The van der Waals surface area contributed by atoms with E-state index in [0.29, 0.717) is 19.4 Å². The van der Waals surface area contributed by atoms with Crippen molar-refractivity contribution in [3.8, 4) is 0 Å². The third-order valence-corrected chi connectivity index (χ3v) is 2.88. The van der Waals surface area contributed by atoms with Gasteiger partial charge in [0, 0.05) is 12.5 Å². The number of carbonyl (C=O) groups is 1. The maximum absolute atomic E-state index is 11.1. The summed E-state index contributed by atoms with van der Waals surface area (Å²) >= 11 is 0. The average molecular weight is 251 g/mol. The first-order chi connectivity index (χ1) is 7.52. The number of ether oxygens (including phenoxy) is 1. The Kier molecular flexibility index (Phi) is 7.78. The monoisotopic (exact) mass is 251 g/mol. The fourth-order valence-corrected chi connectivity index (χ4v) is 1.81. The van der Waals surface area contributed by atoms with Gasteiger partial charge in [-0.25, -0.2) is 4.79 Å². The highest BCUT2D eigenvalue weighted by Gasteiger charge is 2.09. The smallest absolute Gasteiger partial charge is 0.330 e. The van der Waals surface area contributed by atoms with Crippen molar-refractivity contribution in [3.05, 3.63) is 12.7 Å².